The molecule has 0 aromatic heterocycles. The molecule has 126 valence electrons. The van der Waals surface area contributed by atoms with Gasteiger partial charge >= 0.3 is 5.97 Å². The van der Waals surface area contributed by atoms with Crippen LogP contribution in [0.3, 0.4) is 0 Å². The van der Waals surface area contributed by atoms with E-state index in [1.54, 1.807) is 13.2 Å². The summed E-state index contributed by atoms with van der Waals surface area (Å²) in [6.45, 7) is 3.93. The van der Waals surface area contributed by atoms with Crippen LogP contribution in [0.15, 0.2) is 24.3 Å². The van der Waals surface area contributed by atoms with Crippen LogP contribution in [0.4, 0.5) is 0 Å². The number of carbonyl (C=O) groups is 1. The molecular weight excluding hydrogens is 292 g/mol. The van der Waals surface area contributed by atoms with Gasteiger partial charge in [0.1, 0.15) is 6.10 Å². The molecule has 0 radical (unpaired) electrons. The maximum atomic E-state index is 11.9. The summed E-state index contributed by atoms with van der Waals surface area (Å²) < 4.78 is 16.5. The largest absolute Gasteiger partial charge is 0.493 e. The van der Waals surface area contributed by atoms with Crippen LogP contribution < -0.4 is 9.47 Å². The molecule has 2 rings (SSSR count). The normalized spacial score (nSPS) is 15.8. The van der Waals surface area contributed by atoms with Crippen LogP contribution in [0.25, 0.3) is 6.08 Å². The third kappa shape index (κ3) is 5.62. The molecule has 1 aromatic rings. The Kier molecular flexibility index (Phi) is 6.51. The molecule has 1 aliphatic carbocycles. The van der Waals surface area contributed by atoms with E-state index in [2.05, 4.69) is 0 Å². The molecule has 1 aromatic carbocycles. The number of ether oxygens (including phenoxy) is 3. The highest BCUT2D eigenvalue weighted by Gasteiger charge is 2.16. The van der Waals surface area contributed by atoms with Crippen molar-refractivity contribution in [2.24, 2.45) is 0 Å². The second-order valence-electron chi connectivity index (χ2n) is 6.11. The van der Waals surface area contributed by atoms with Crippen molar-refractivity contribution in [3.63, 3.8) is 0 Å². The van der Waals surface area contributed by atoms with Crippen molar-refractivity contribution in [1.29, 1.82) is 0 Å². The van der Waals surface area contributed by atoms with Crippen LogP contribution in [0, 0.1) is 0 Å². The first-order valence-corrected chi connectivity index (χ1v) is 8.32. The predicted octanol–water partition coefficient (Wildman–Crippen LogP) is 4.37. The summed E-state index contributed by atoms with van der Waals surface area (Å²) in [5, 5.41) is 0. The van der Waals surface area contributed by atoms with Crippen LogP contribution in [0.5, 0.6) is 11.5 Å². The van der Waals surface area contributed by atoms with Gasteiger partial charge in [0.25, 0.3) is 0 Å². The third-order valence-electron chi connectivity index (χ3n) is 3.80. The summed E-state index contributed by atoms with van der Waals surface area (Å²) in [5.74, 6) is 1.07. The molecule has 23 heavy (non-hydrogen) atoms. The zero-order chi connectivity index (χ0) is 16.7. The van der Waals surface area contributed by atoms with Crippen LogP contribution in [-0.2, 0) is 9.53 Å². The summed E-state index contributed by atoms with van der Waals surface area (Å²) in [5.41, 5.74) is 0.874. The lowest BCUT2D eigenvalue weighted by Gasteiger charge is -2.20. The lowest BCUT2D eigenvalue weighted by atomic mass is 9.98. The van der Waals surface area contributed by atoms with Crippen molar-refractivity contribution >= 4 is 12.0 Å². The van der Waals surface area contributed by atoms with Gasteiger partial charge in [-0.15, -0.1) is 0 Å². The van der Waals surface area contributed by atoms with E-state index in [1.807, 2.05) is 32.0 Å². The lowest BCUT2D eigenvalue weighted by Crippen LogP contribution is -2.19. The molecule has 0 bridgehead atoms. The zero-order valence-corrected chi connectivity index (χ0v) is 14.2. The monoisotopic (exact) mass is 318 g/mol. The average molecular weight is 318 g/mol. The molecule has 0 atom stereocenters. The molecule has 0 unspecified atom stereocenters. The number of carbonyl (C=O) groups excluding carboxylic acids is 1. The fraction of sp³-hybridized carbons (Fsp3) is 0.526. The molecule has 4 nitrogen and oxygen atoms in total. The number of hydrogen-bond acceptors (Lipinski definition) is 4. The van der Waals surface area contributed by atoms with E-state index >= 15 is 0 Å². The number of esters is 1. The van der Waals surface area contributed by atoms with Gasteiger partial charge in [-0.1, -0.05) is 12.5 Å². The van der Waals surface area contributed by atoms with E-state index < -0.39 is 0 Å². The first-order valence-electron chi connectivity index (χ1n) is 8.32. The highest BCUT2D eigenvalue weighted by Crippen LogP contribution is 2.29. The van der Waals surface area contributed by atoms with Gasteiger partial charge in [-0.25, -0.2) is 4.79 Å². The molecule has 4 heteroatoms. The van der Waals surface area contributed by atoms with Crippen molar-refractivity contribution < 1.29 is 19.0 Å². The second kappa shape index (κ2) is 8.61. The van der Waals surface area contributed by atoms with Gasteiger partial charge < -0.3 is 14.2 Å². The molecular formula is C19H26O4. The van der Waals surface area contributed by atoms with Crippen molar-refractivity contribution in [1.82, 2.24) is 0 Å². The number of benzene rings is 1. The van der Waals surface area contributed by atoms with Crippen molar-refractivity contribution in [2.45, 2.75) is 58.2 Å². The Hall–Kier alpha value is -1.97. The van der Waals surface area contributed by atoms with Crippen molar-refractivity contribution in [3.8, 4) is 11.5 Å². The molecule has 0 N–H and O–H groups in total. The third-order valence-corrected chi connectivity index (χ3v) is 3.80. The minimum absolute atomic E-state index is 0.0794. The smallest absolute Gasteiger partial charge is 0.331 e. The Morgan fingerprint density at radius 1 is 1.17 bits per heavy atom. The summed E-state index contributed by atoms with van der Waals surface area (Å²) >= 11 is 0. The molecule has 1 aliphatic rings. The Morgan fingerprint density at radius 2 is 1.91 bits per heavy atom. The molecule has 1 fully saturated rings. The van der Waals surface area contributed by atoms with E-state index in [9.17, 15) is 4.79 Å². The van der Waals surface area contributed by atoms with Crippen LogP contribution in [0.1, 0.15) is 51.5 Å². The summed E-state index contributed by atoms with van der Waals surface area (Å²) in [7, 11) is 1.60. The Morgan fingerprint density at radius 3 is 2.57 bits per heavy atom. The molecule has 0 heterocycles. The number of methoxy groups -OCH3 is 1. The van der Waals surface area contributed by atoms with E-state index in [0.717, 1.165) is 31.2 Å². The van der Waals surface area contributed by atoms with Gasteiger partial charge in [-0.05, 0) is 63.3 Å². The molecule has 1 saturated carbocycles. The van der Waals surface area contributed by atoms with Gasteiger partial charge in [-0.3, -0.25) is 0 Å². The molecule has 0 spiro atoms. The van der Waals surface area contributed by atoms with Crippen LogP contribution in [0.2, 0.25) is 0 Å². The van der Waals surface area contributed by atoms with Gasteiger partial charge in [0.15, 0.2) is 11.5 Å². The highest BCUT2D eigenvalue weighted by atomic mass is 16.5. The quantitative estimate of drug-likeness (QED) is 0.577. The van der Waals surface area contributed by atoms with Crippen LogP contribution in [-0.4, -0.2) is 25.3 Å². The van der Waals surface area contributed by atoms with Crippen molar-refractivity contribution in [3.05, 3.63) is 29.8 Å². The fourth-order valence-electron chi connectivity index (χ4n) is 2.69. The van der Waals surface area contributed by atoms with E-state index in [-0.39, 0.29) is 18.2 Å². The standard InChI is InChI=1S/C19H26O4/c1-14(2)22-17-11-9-15(13-18(17)21-3)10-12-19(20)23-16-7-5-4-6-8-16/h9-14,16H,4-8H2,1-3H3. The van der Waals surface area contributed by atoms with Gasteiger partial charge in [0.05, 0.1) is 13.2 Å². The highest BCUT2D eigenvalue weighted by molar-refractivity contribution is 5.87. The fourth-order valence-corrected chi connectivity index (χ4v) is 2.69. The summed E-state index contributed by atoms with van der Waals surface area (Å²) in [6.07, 6.45) is 8.89. The molecule has 0 saturated heterocycles. The summed E-state index contributed by atoms with van der Waals surface area (Å²) in [4.78, 5) is 11.9. The lowest BCUT2D eigenvalue weighted by molar-refractivity contribution is -0.144. The Balaban J connectivity index is 1.96. The Labute approximate surface area is 138 Å². The van der Waals surface area contributed by atoms with Gasteiger partial charge in [0, 0.05) is 6.08 Å². The van der Waals surface area contributed by atoms with E-state index in [4.69, 9.17) is 14.2 Å². The SMILES string of the molecule is COc1cc(C=CC(=O)OC2CCCCC2)ccc1OC(C)C. The van der Waals surface area contributed by atoms with E-state index in [0.29, 0.717) is 11.5 Å². The first-order chi connectivity index (χ1) is 11.1. The van der Waals surface area contributed by atoms with Crippen LogP contribution >= 0.6 is 0 Å². The predicted molar refractivity (Wildman–Crippen MR) is 90.8 cm³/mol. The van der Waals surface area contributed by atoms with Gasteiger partial charge in [0.2, 0.25) is 0 Å². The molecule has 0 aliphatic heterocycles. The minimum Gasteiger partial charge on any atom is -0.493 e. The average Bonchev–Trinajstić information content (AvgIpc) is 2.54. The topological polar surface area (TPSA) is 44.8 Å². The number of hydrogen-bond donors (Lipinski definition) is 0. The van der Waals surface area contributed by atoms with E-state index in [1.165, 1.54) is 12.5 Å². The maximum absolute atomic E-state index is 11.9. The minimum atomic E-state index is -0.279. The maximum Gasteiger partial charge on any atom is 0.331 e. The molecule has 0 amide bonds. The first kappa shape index (κ1) is 17.4. The second-order valence-corrected chi connectivity index (χ2v) is 6.11. The Bertz CT molecular complexity index is 542. The van der Waals surface area contributed by atoms with Crippen molar-refractivity contribution in [2.75, 3.05) is 7.11 Å². The summed E-state index contributed by atoms with van der Waals surface area (Å²) in [6, 6.07) is 5.59. The zero-order valence-electron chi connectivity index (χ0n) is 14.2. The number of rotatable bonds is 6. The van der Waals surface area contributed by atoms with Gasteiger partial charge in [-0.2, -0.15) is 0 Å².